The molecule has 1 saturated heterocycles. The second-order valence-electron chi connectivity index (χ2n) is 8.64. The van der Waals surface area contributed by atoms with Gasteiger partial charge in [-0.25, -0.2) is 9.37 Å². The highest BCUT2D eigenvalue weighted by atomic mass is 19.1. The summed E-state index contributed by atoms with van der Waals surface area (Å²) in [7, 11) is 0. The molecule has 1 aliphatic rings. The molecule has 0 spiro atoms. The number of aromatic hydroxyl groups is 1. The van der Waals surface area contributed by atoms with Crippen molar-refractivity contribution < 1.29 is 14.2 Å². The van der Waals surface area contributed by atoms with Crippen LogP contribution in [0.4, 0.5) is 10.2 Å². The third-order valence-electron chi connectivity index (χ3n) is 6.30. The normalized spacial score (nSPS) is 14.1. The van der Waals surface area contributed by atoms with Crippen LogP contribution in [0.1, 0.15) is 12.0 Å². The summed E-state index contributed by atoms with van der Waals surface area (Å²) in [5, 5.41) is 30.4. The Labute approximate surface area is 207 Å². The van der Waals surface area contributed by atoms with Gasteiger partial charge in [0.05, 0.1) is 23.3 Å². The molecule has 0 bridgehead atoms. The van der Waals surface area contributed by atoms with E-state index in [9.17, 15) is 14.8 Å². The zero-order chi connectivity index (χ0) is 25.1. The summed E-state index contributed by atoms with van der Waals surface area (Å²) in [4.78, 5) is 6.87. The molecule has 0 unspecified atom stereocenters. The van der Waals surface area contributed by atoms with Crippen molar-refractivity contribution >= 4 is 16.9 Å². The molecule has 2 aromatic heterocycles. The Morgan fingerprint density at radius 3 is 2.67 bits per heavy atom. The number of hydrogen-bond acceptors (Lipinski definition) is 8. The number of nitrogens with two attached hydrogens (primary N) is 1. The summed E-state index contributed by atoms with van der Waals surface area (Å²) in [5.74, 6) is -0.00507. The minimum absolute atomic E-state index is 0.0881. The van der Waals surface area contributed by atoms with Crippen LogP contribution < -0.4 is 15.8 Å². The molecule has 2 aromatic carbocycles. The Morgan fingerprint density at radius 2 is 1.94 bits per heavy atom. The zero-order valence-electron chi connectivity index (χ0n) is 19.6. The zero-order valence-corrected chi connectivity index (χ0v) is 19.6. The molecule has 0 aliphatic carbocycles. The number of ether oxygens (including phenoxy) is 1. The maximum Gasteiger partial charge on any atom is 0.158 e. The van der Waals surface area contributed by atoms with Gasteiger partial charge >= 0.3 is 0 Å². The van der Waals surface area contributed by atoms with E-state index >= 15 is 0 Å². The molecular weight excluding hydrogens is 461 g/mol. The van der Waals surface area contributed by atoms with E-state index in [2.05, 4.69) is 31.5 Å². The lowest BCUT2D eigenvalue weighted by Crippen LogP contribution is -2.43. The number of aromatic amines is 1. The highest BCUT2D eigenvalue weighted by molar-refractivity contribution is 6.04. The Kier molecular flexibility index (Phi) is 6.66. The van der Waals surface area contributed by atoms with Crippen molar-refractivity contribution in [2.45, 2.75) is 6.42 Å². The molecular formula is C26H26FN7O2. The van der Waals surface area contributed by atoms with Crippen LogP contribution in [0.5, 0.6) is 11.5 Å². The first-order valence-electron chi connectivity index (χ1n) is 11.8. The van der Waals surface area contributed by atoms with Gasteiger partial charge in [0.15, 0.2) is 11.5 Å². The average molecular weight is 488 g/mol. The summed E-state index contributed by atoms with van der Waals surface area (Å²) in [6.07, 6.45) is 0.929. The quantitative estimate of drug-likeness (QED) is 0.292. The topological polar surface area (TPSA) is 136 Å². The Hall–Kier alpha value is -4.20. The van der Waals surface area contributed by atoms with Crippen LogP contribution >= 0.6 is 0 Å². The van der Waals surface area contributed by atoms with E-state index in [0.717, 1.165) is 45.2 Å². The number of nitrogen functional groups attached to an aromatic ring is 1. The van der Waals surface area contributed by atoms with Crippen LogP contribution in [-0.4, -0.2) is 64.5 Å². The monoisotopic (exact) mass is 487 g/mol. The molecule has 5 rings (SSSR count). The maximum absolute atomic E-state index is 14.7. The SMILES string of the molecule is N#Cc1c(-c2ccc(O)cc2F)nc2[nH]nc(N)c2c1-c1ccc(OCCCN2CCNCC2)cc1. The molecule has 0 amide bonds. The number of phenolic OH excluding ortho intramolecular Hbond substituents is 1. The Balaban J connectivity index is 1.44. The average Bonchev–Trinajstić information content (AvgIpc) is 3.27. The molecule has 5 N–H and O–H groups in total. The van der Waals surface area contributed by atoms with Crippen LogP contribution in [0.15, 0.2) is 42.5 Å². The van der Waals surface area contributed by atoms with Crippen molar-refractivity contribution in [3.63, 3.8) is 0 Å². The Bertz CT molecular complexity index is 1420. The van der Waals surface area contributed by atoms with Crippen LogP contribution in [-0.2, 0) is 0 Å². The number of halogens is 1. The summed E-state index contributed by atoms with van der Waals surface area (Å²) < 4.78 is 20.7. The molecule has 184 valence electrons. The highest BCUT2D eigenvalue weighted by Gasteiger charge is 2.23. The van der Waals surface area contributed by atoms with Crippen LogP contribution in [0.25, 0.3) is 33.4 Å². The van der Waals surface area contributed by atoms with Gasteiger partial charge in [-0.05, 0) is 36.2 Å². The first kappa shape index (κ1) is 23.5. The lowest BCUT2D eigenvalue weighted by atomic mass is 9.93. The lowest BCUT2D eigenvalue weighted by Gasteiger charge is -2.26. The molecule has 4 aromatic rings. The second kappa shape index (κ2) is 10.2. The van der Waals surface area contributed by atoms with Gasteiger partial charge in [0.1, 0.15) is 23.4 Å². The number of nitrogens with one attached hydrogen (secondary N) is 2. The first-order valence-corrected chi connectivity index (χ1v) is 11.8. The van der Waals surface area contributed by atoms with Gasteiger partial charge in [0.25, 0.3) is 0 Å². The van der Waals surface area contributed by atoms with Gasteiger partial charge in [0.2, 0.25) is 0 Å². The molecule has 1 fully saturated rings. The smallest absolute Gasteiger partial charge is 0.158 e. The number of nitrogens with zero attached hydrogens (tertiary/aromatic N) is 4. The molecule has 9 nitrogen and oxygen atoms in total. The number of fused-ring (bicyclic) bond motifs is 1. The number of phenols is 1. The van der Waals surface area contributed by atoms with E-state index < -0.39 is 5.82 Å². The molecule has 0 saturated carbocycles. The van der Waals surface area contributed by atoms with E-state index in [0.29, 0.717) is 34.5 Å². The summed E-state index contributed by atoms with van der Waals surface area (Å²) in [5.41, 5.74) is 8.02. The van der Waals surface area contributed by atoms with Crippen LogP contribution in [0.3, 0.4) is 0 Å². The van der Waals surface area contributed by atoms with Crippen LogP contribution in [0.2, 0.25) is 0 Å². The third-order valence-corrected chi connectivity index (χ3v) is 6.30. The molecule has 0 atom stereocenters. The second-order valence-corrected chi connectivity index (χ2v) is 8.64. The predicted molar refractivity (Wildman–Crippen MR) is 135 cm³/mol. The highest BCUT2D eigenvalue weighted by Crippen LogP contribution is 2.39. The van der Waals surface area contributed by atoms with Crippen molar-refractivity contribution in [2.75, 3.05) is 45.1 Å². The number of H-pyrrole nitrogens is 1. The number of benzene rings is 2. The van der Waals surface area contributed by atoms with Crippen molar-refractivity contribution in [1.29, 1.82) is 5.26 Å². The van der Waals surface area contributed by atoms with Crippen molar-refractivity contribution in [2.24, 2.45) is 0 Å². The number of rotatable bonds is 7. The van der Waals surface area contributed by atoms with Gasteiger partial charge in [-0.3, -0.25) is 5.10 Å². The van der Waals surface area contributed by atoms with Crippen LogP contribution in [0, 0.1) is 17.1 Å². The largest absolute Gasteiger partial charge is 0.508 e. The van der Waals surface area contributed by atoms with E-state index in [-0.39, 0.29) is 28.4 Å². The minimum atomic E-state index is -0.693. The molecule has 36 heavy (non-hydrogen) atoms. The summed E-state index contributed by atoms with van der Waals surface area (Å²) >= 11 is 0. The van der Waals surface area contributed by atoms with Gasteiger partial charge in [0, 0.05) is 49.9 Å². The number of aromatic nitrogens is 3. The lowest BCUT2D eigenvalue weighted by molar-refractivity contribution is 0.214. The molecule has 3 heterocycles. The third kappa shape index (κ3) is 4.66. The van der Waals surface area contributed by atoms with Crippen molar-refractivity contribution in [1.82, 2.24) is 25.4 Å². The number of pyridine rings is 1. The summed E-state index contributed by atoms with van der Waals surface area (Å²) in [6, 6.07) is 13.2. The Morgan fingerprint density at radius 1 is 1.17 bits per heavy atom. The molecule has 10 heteroatoms. The van der Waals surface area contributed by atoms with Gasteiger partial charge in [-0.15, -0.1) is 0 Å². The number of anilines is 1. The van der Waals surface area contributed by atoms with Gasteiger partial charge < -0.3 is 25.8 Å². The van der Waals surface area contributed by atoms with Crippen molar-refractivity contribution in [3.05, 3.63) is 53.8 Å². The fraction of sp³-hybridized carbons (Fsp3) is 0.269. The molecule has 0 radical (unpaired) electrons. The van der Waals surface area contributed by atoms with E-state index in [4.69, 9.17) is 10.5 Å². The first-order chi connectivity index (χ1) is 17.5. The number of piperazine rings is 1. The molecule has 1 aliphatic heterocycles. The van der Waals surface area contributed by atoms with E-state index in [1.807, 2.05) is 24.3 Å². The van der Waals surface area contributed by atoms with Crippen molar-refractivity contribution in [3.8, 4) is 40.0 Å². The maximum atomic E-state index is 14.7. The number of nitriles is 1. The number of hydrogen-bond donors (Lipinski definition) is 4. The fourth-order valence-electron chi connectivity index (χ4n) is 4.50. The minimum Gasteiger partial charge on any atom is -0.508 e. The van der Waals surface area contributed by atoms with Gasteiger partial charge in [-0.2, -0.15) is 10.4 Å². The van der Waals surface area contributed by atoms with Gasteiger partial charge in [-0.1, -0.05) is 12.1 Å². The summed E-state index contributed by atoms with van der Waals surface area (Å²) in [6.45, 7) is 5.77. The fourth-order valence-corrected chi connectivity index (χ4v) is 4.50. The standard InChI is InChI=1S/C26H26FN7O2/c27-21-14-17(35)4-7-19(21)24-20(15-28)22(23-25(29)32-33-26(23)31-24)16-2-5-18(6-3-16)36-13-1-10-34-11-8-30-9-12-34/h2-7,14,30,35H,1,8-13H2,(H3,29,31,32,33). The predicted octanol–water partition coefficient (Wildman–Crippen LogP) is 3.26. The van der Waals surface area contributed by atoms with E-state index in [1.165, 1.54) is 12.1 Å². The van der Waals surface area contributed by atoms with E-state index in [1.54, 1.807) is 0 Å².